The van der Waals surface area contributed by atoms with Crippen LogP contribution in [0.1, 0.15) is 5.56 Å². The molecular weight excluding hydrogens is 188 g/mol. The van der Waals surface area contributed by atoms with Gasteiger partial charge in [-0.2, -0.15) is 13.2 Å². The van der Waals surface area contributed by atoms with E-state index in [4.69, 9.17) is 0 Å². The molecule has 0 unspecified atom stereocenters. The van der Waals surface area contributed by atoms with Crippen molar-refractivity contribution >= 4 is 15.4 Å². The maximum atomic E-state index is 12.5. The molecule has 0 aliphatic rings. The number of alkyl halides is 3. The van der Waals surface area contributed by atoms with Crippen molar-refractivity contribution in [3.8, 4) is 0 Å². The number of hydrogen-bond donors (Lipinski definition) is 0. The number of rotatable bonds is 0. The molecule has 0 saturated carbocycles. The lowest BCUT2D eigenvalue weighted by Crippen LogP contribution is -2.12. The second kappa shape index (κ2) is 2.89. The number of halogens is 4. The fourth-order valence-corrected chi connectivity index (χ4v) is 1.49. The lowest BCUT2D eigenvalue weighted by atomic mass is 10.2. The molecule has 0 saturated heterocycles. The van der Waals surface area contributed by atoms with Gasteiger partial charge >= 0.3 is 6.18 Å². The van der Waals surface area contributed by atoms with Crippen molar-refractivity contribution in [1.29, 1.82) is 0 Å². The number of hydrogen-bond acceptors (Lipinski definition) is 0. The summed E-state index contributed by atoms with van der Waals surface area (Å²) in [6.45, 7) is 0. The Morgan fingerprint density at radius 1 is 1.08 bits per heavy atom. The lowest BCUT2D eigenvalue weighted by Gasteiger charge is -2.06. The first-order valence-electron chi connectivity index (χ1n) is 3.24. The van der Waals surface area contributed by atoms with Crippen LogP contribution in [0.3, 0.4) is 0 Å². The van der Waals surface area contributed by atoms with Gasteiger partial charge in [0.25, 0.3) is 0 Å². The molecule has 66 valence electrons. The molecule has 0 amide bonds. The molecule has 0 atom stereocenters. The summed E-state index contributed by atoms with van der Waals surface area (Å²) in [6, 6.07) is 2.58. The van der Waals surface area contributed by atoms with Crippen LogP contribution in [0.15, 0.2) is 18.2 Å². The highest BCUT2D eigenvalue weighted by molar-refractivity contribution is 6.32. The minimum Gasteiger partial charge on any atom is -0.207 e. The zero-order chi connectivity index (χ0) is 9.35. The smallest absolute Gasteiger partial charge is 0.207 e. The van der Waals surface area contributed by atoms with Gasteiger partial charge in [0.2, 0.25) is 0 Å². The fraction of sp³-hybridized carbons (Fsp3) is 0.143. The van der Waals surface area contributed by atoms with E-state index in [9.17, 15) is 17.6 Å². The van der Waals surface area contributed by atoms with Crippen LogP contribution in [0.25, 0.3) is 0 Å². The van der Waals surface area contributed by atoms with E-state index in [1.165, 1.54) is 0 Å². The van der Waals surface area contributed by atoms with Crippen LogP contribution < -0.4 is 5.19 Å². The van der Waals surface area contributed by atoms with Crippen molar-refractivity contribution in [1.82, 2.24) is 0 Å². The highest BCUT2D eigenvalue weighted by Crippen LogP contribution is 2.28. The van der Waals surface area contributed by atoms with E-state index in [1.54, 1.807) is 0 Å². The van der Waals surface area contributed by atoms with Gasteiger partial charge in [0.15, 0.2) is 0 Å². The minimum atomic E-state index is -4.44. The van der Waals surface area contributed by atoms with E-state index in [0.717, 1.165) is 12.1 Å². The Hall–Kier alpha value is -0.843. The highest BCUT2D eigenvalue weighted by Gasteiger charge is 2.30. The van der Waals surface area contributed by atoms with Crippen molar-refractivity contribution in [3.05, 3.63) is 29.6 Å². The topological polar surface area (TPSA) is 0 Å². The molecule has 0 aliphatic carbocycles. The largest absolute Gasteiger partial charge is 0.416 e. The van der Waals surface area contributed by atoms with Crippen LogP contribution in [0.2, 0.25) is 0 Å². The Morgan fingerprint density at radius 3 is 2.08 bits per heavy atom. The van der Waals surface area contributed by atoms with Crippen LogP contribution >= 0.6 is 0 Å². The molecular formula is C7H6F4Si. The van der Waals surface area contributed by atoms with Gasteiger partial charge in [-0.3, -0.25) is 0 Å². The predicted octanol–water partition coefficient (Wildman–Crippen LogP) is 0.835. The summed E-state index contributed by atoms with van der Waals surface area (Å²) in [5, 5.41) is 0.405. The molecule has 1 rings (SSSR count). The summed E-state index contributed by atoms with van der Waals surface area (Å²) < 4.78 is 48.5. The van der Waals surface area contributed by atoms with Gasteiger partial charge in [-0.05, 0) is 12.1 Å². The standard InChI is InChI=1S/C7H6F4Si/c8-5-1-4(7(9,10)11)2-6(12)3-5/h1-3H,12H3. The maximum Gasteiger partial charge on any atom is 0.416 e. The van der Waals surface area contributed by atoms with Gasteiger partial charge in [0.1, 0.15) is 5.82 Å². The summed E-state index contributed by atoms with van der Waals surface area (Å²) >= 11 is 0. The zero-order valence-corrected chi connectivity index (χ0v) is 8.24. The Labute approximate surface area is 69.6 Å². The van der Waals surface area contributed by atoms with Gasteiger partial charge in [-0.25, -0.2) is 4.39 Å². The molecule has 0 radical (unpaired) electrons. The summed E-state index contributed by atoms with van der Waals surface area (Å²) in [7, 11) is 0.415. The van der Waals surface area contributed by atoms with Crippen LogP contribution in [-0.2, 0) is 6.18 Å². The highest BCUT2D eigenvalue weighted by atomic mass is 28.1. The third kappa shape index (κ3) is 2.07. The van der Waals surface area contributed by atoms with Gasteiger partial charge in [-0.1, -0.05) is 11.3 Å². The van der Waals surface area contributed by atoms with Crippen molar-refractivity contribution in [2.24, 2.45) is 0 Å². The summed E-state index contributed by atoms with van der Waals surface area (Å²) in [4.78, 5) is 0. The SMILES string of the molecule is Fc1cc([SiH3])cc(C(F)(F)F)c1. The van der Waals surface area contributed by atoms with E-state index in [2.05, 4.69) is 0 Å². The Morgan fingerprint density at radius 2 is 1.67 bits per heavy atom. The molecule has 5 heteroatoms. The fourth-order valence-electron chi connectivity index (χ4n) is 0.900. The molecule has 12 heavy (non-hydrogen) atoms. The molecule has 1 aromatic carbocycles. The Balaban J connectivity index is 3.18. The average molecular weight is 194 g/mol. The lowest BCUT2D eigenvalue weighted by molar-refractivity contribution is -0.137. The summed E-state index contributed by atoms with van der Waals surface area (Å²) in [5.41, 5.74) is -0.910. The van der Waals surface area contributed by atoms with Crippen molar-refractivity contribution in [2.75, 3.05) is 0 Å². The van der Waals surface area contributed by atoms with Gasteiger partial charge < -0.3 is 0 Å². The average Bonchev–Trinajstić information content (AvgIpc) is 1.82. The van der Waals surface area contributed by atoms with Gasteiger partial charge in [0.05, 0.1) is 5.56 Å². The van der Waals surface area contributed by atoms with Gasteiger partial charge in [0, 0.05) is 10.2 Å². The maximum absolute atomic E-state index is 12.5. The second-order valence-corrected chi connectivity index (χ2v) is 3.67. The molecule has 0 aliphatic heterocycles. The van der Waals surface area contributed by atoms with E-state index >= 15 is 0 Å². The first kappa shape index (κ1) is 9.25. The Bertz CT molecular complexity index is 272. The molecule has 0 bridgehead atoms. The molecule has 0 nitrogen and oxygen atoms in total. The van der Waals surface area contributed by atoms with Crippen molar-refractivity contribution in [2.45, 2.75) is 6.18 Å². The van der Waals surface area contributed by atoms with Crippen molar-refractivity contribution in [3.63, 3.8) is 0 Å². The second-order valence-electron chi connectivity index (χ2n) is 2.52. The first-order valence-corrected chi connectivity index (χ1v) is 4.24. The van der Waals surface area contributed by atoms with E-state index in [1.807, 2.05) is 0 Å². The van der Waals surface area contributed by atoms with Crippen molar-refractivity contribution < 1.29 is 17.6 Å². The van der Waals surface area contributed by atoms with Crippen LogP contribution in [0, 0.1) is 5.82 Å². The summed E-state index contributed by atoms with van der Waals surface area (Å²) in [6.07, 6.45) is -4.44. The monoisotopic (exact) mass is 194 g/mol. The third-order valence-electron chi connectivity index (χ3n) is 1.37. The number of benzene rings is 1. The molecule has 1 aromatic rings. The molecule has 0 aromatic heterocycles. The summed E-state index contributed by atoms with van der Waals surface area (Å²) in [5.74, 6) is -0.824. The van der Waals surface area contributed by atoms with E-state index < -0.39 is 17.6 Å². The molecule has 0 spiro atoms. The molecule has 0 N–H and O–H groups in total. The minimum absolute atomic E-state index is 0.405. The Kier molecular flexibility index (Phi) is 2.23. The quantitative estimate of drug-likeness (QED) is 0.424. The predicted molar refractivity (Wildman–Crippen MR) is 41.0 cm³/mol. The van der Waals surface area contributed by atoms with E-state index in [-0.39, 0.29) is 0 Å². The first-order chi connectivity index (χ1) is 5.39. The molecule has 0 heterocycles. The van der Waals surface area contributed by atoms with E-state index in [0.29, 0.717) is 21.5 Å². The van der Waals surface area contributed by atoms with Crippen LogP contribution in [0.4, 0.5) is 17.6 Å². The third-order valence-corrected chi connectivity index (χ3v) is 1.95. The van der Waals surface area contributed by atoms with Crippen LogP contribution in [0.5, 0.6) is 0 Å². The zero-order valence-electron chi connectivity index (χ0n) is 6.24. The van der Waals surface area contributed by atoms with Gasteiger partial charge in [-0.15, -0.1) is 0 Å². The normalized spacial score (nSPS) is 12.0. The molecule has 0 fully saturated rings. The van der Waals surface area contributed by atoms with Crippen LogP contribution in [-0.4, -0.2) is 10.2 Å².